The molecule has 18 heavy (non-hydrogen) atoms. The van der Waals surface area contributed by atoms with Crippen LogP contribution in [0.2, 0.25) is 5.15 Å². The number of carboxylic acid groups (broad SMARTS) is 1. The summed E-state index contributed by atoms with van der Waals surface area (Å²) in [6.07, 6.45) is 0. The van der Waals surface area contributed by atoms with E-state index < -0.39 is 12.6 Å². The minimum absolute atomic E-state index is 0.137. The van der Waals surface area contributed by atoms with Gasteiger partial charge in [-0.2, -0.15) is 0 Å². The van der Waals surface area contributed by atoms with Crippen molar-refractivity contribution >= 4 is 23.4 Å². The summed E-state index contributed by atoms with van der Waals surface area (Å²) < 4.78 is 9.94. The van der Waals surface area contributed by atoms with Crippen molar-refractivity contribution in [2.75, 3.05) is 38.8 Å². The Balaban J connectivity index is 2.69. The van der Waals surface area contributed by atoms with Crippen LogP contribution in [0.15, 0.2) is 12.1 Å². The monoisotopic (exact) mass is 274 g/mol. The van der Waals surface area contributed by atoms with Gasteiger partial charge in [-0.25, -0.2) is 9.78 Å². The first-order valence-corrected chi connectivity index (χ1v) is 5.63. The van der Waals surface area contributed by atoms with Gasteiger partial charge in [-0.15, -0.1) is 0 Å². The Kier molecular flexibility index (Phi) is 5.67. The summed E-state index contributed by atoms with van der Waals surface area (Å²) in [6.45, 7) is 0.808. The molecule has 0 saturated heterocycles. The number of carbonyl (C=O) groups is 1. The normalized spacial score (nSPS) is 10.2. The van der Waals surface area contributed by atoms with E-state index in [0.717, 1.165) is 0 Å². The van der Waals surface area contributed by atoms with Crippen LogP contribution in [0, 0.1) is 0 Å². The molecule has 0 saturated carbocycles. The van der Waals surface area contributed by atoms with E-state index in [2.05, 4.69) is 4.98 Å². The van der Waals surface area contributed by atoms with E-state index in [1.165, 1.54) is 0 Å². The van der Waals surface area contributed by atoms with Crippen LogP contribution in [0.4, 0.5) is 5.82 Å². The van der Waals surface area contributed by atoms with Gasteiger partial charge in [0.1, 0.15) is 5.82 Å². The number of halogens is 1. The smallest absolute Gasteiger partial charge is 0.341 e. The Morgan fingerprint density at radius 1 is 1.56 bits per heavy atom. The lowest BCUT2D eigenvalue weighted by Crippen LogP contribution is -2.23. The van der Waals surface area contributed by atoms with Crippen LogP contribution in [0.1, 0.15) is 0 Å². The fourth-order valence-electron chi connectivity index (χ4n) is 1.21. The molecule has 0 radical (unpaired) electrons. The molecule has 0 fully saturated rings. The quantitative estimate of drug-likeness (QED) is 0.755. The van der Waals surface area contributed by atoms with Crippen LogP contribution in [0.5, 0.6) is 5.75 Å². The molecule has 1 heterocycles. The Labute approximate surface area is 110 Å². The summed E-state index contributed by atoms with van der Waals surface area (Å²) in [7, 11) is 3.48. The summed E-state index contributed by atoms with van der Waals surface area (Å²) in [6, 6.07) is 3.30. The van der Waals surface area contributed by atoms with Crippen LogP contribution in [0.3, 0.4) is 0 Å². The Hall–Kier alpha value is -1.53. The molecule has 0 aromatic carbocycles. The molecule has 0 aliphatic carbocycles. The molecular weight excluding hydrogens is 260 g/mol. The second-order valence-corrected chi connectivity index (χ2v) is 3.91. The first-order chi connectivity index (χ1) is 8.54. The molecule has 1 aromatic rings. The summed E-state index contributed by atoms with van der Waals surface area (Å²) >= 11 is 5.90. The minimum atomic E-state index is -1.06. The summed E-state index contributed by atoms with van der Waals surface area (Å²) in [5.41, 5.74) is 0. The fourth-order valence-corrected chi connectivity index (χ4v) is 1.42. The number of rotatable bonds is 7. The number of hydrogen-bond acceptors (Lipinski definition) is 5. The Morgan fingerprint density at radius 3 is 2.83 bits per heavy atom. The van der Waals surface area contributed by atoms with E-state index in [9.17, 15) is 4.79 Å². The molecule has 0 aliphatic heterocycles. The molecule has 0 aliphatic rings. The lowest BCUT2D eigenvalue weighted by Gasteiger charge is -2.18. The third-order valence-corrected chi connectivity index (χ3v) is 2.44. The van der Waals surface area contributed by atoms with Gasteiger partial charge in [0.15, 0.2) is 17.5 Å². The second kappa shape index (κ2) is 7.03. The van der Waals surface area contributed by atoms with Crippen molar-refractivity contribution in [3.63, 3.8) is 0 Å². The van der Waals surface area contributed by atoms with Crippen molar-refractivity contribution in [1.29, 1.82) is 0 Å². The zero-order valence-electron chi connectivity index (χ0n) is 10.2. The van der Waals surface area contributed by atoms with Gasteiger partial charge in [-0.1, -0.05) is 11.6 Å². The van der Waals surface area contributed by atoms with Crippen LogP contribution in [0.25, 0.3) is 0 Å². The first-order valence-electron chi connectivity index (χ1n) is 5.25. The highest BCUT2D eigenvalue weighted by Crippen LogP contribution is 2.25. The van der Waals surface area contributed by atoms with Crippen molar-refractivity contribution in [1.82, 2.24) is 4.98 Å². The van der Waals surface area contributed by atoms with Gasteiger partial charge in [0.2, 0.25) is 0 Å². The van der Waals surface area contributed by atoms with E-state index >= 15 is 0 Å². The Morgan fingerprint density at radius 2 is 2.28 bits per heavy atom. The number of carboxylic acids is 1. The lowest BCUT2D eigenvalue weighted by molar-refractivity contribution is -0.139. The van der Waals surface area contributed by atoms with Crippen LogP contribution < -0.4 is 9.64 Å². The average molecular weight is 275 g/mol. The first kappa shape index (κ1) is 14.5. The molecule has 100 valence electrons. The predicted molar refractivity (Wildman–Crippen MR) is 67.5 cm³/mol. The van der Waals surface area contributed by atoms with Gasteiger partial charge >= 0.3 is 5.97 Å². The van der Waals surface area contributed by atoms with E-state index in [1.807, 2.05) is 11.9 Å². The van der Waals surface area contributed by atoms with Crippen molar-refractivity contribution in [2.24, 2.45) is 0 Å². The standard InChI is InChI=1S/C11H15ClN2O4/c1-14(5-6-17-2)9-4-3-8(11(12)13-9)18-7-10(15)16/h3-4H,5-7H2,1-2H3,(H,15,16). The van der Waals surface area contributed by atoms with Gasteiger partial charge < -0.3 is 19.5 Å². The maximum Gasteiger partial charge on any atom is 0.341 e. The highest BCUT2D eigenvalue weighted by atomic mass is 35.5. The van der Waals surface area contributed by atoms with Crippen molar-refractivity contribution in [3.8, 4) is 5.75 Å². The predicted octanol–water partition coefficient (Wildman–Crippen LogP) is 1.28. The lowest BCUT2D eigenvalue weighted by atomic mass is 10.4. The zero-order valence-corrected chi connectivity index (χ0v) is 11.0. The molecule has 1 N–H and O–H groups in total. The van der Waals surface area contributed by atoms with Gasteiger partial charge in [0.05, 0.1) is 6.61 Å². The van der Waals surface area contributed by atoms with E-state index in [4.69, 9.17) is 26.2 Å². The third-order valence-electron chi connectivity index (χ3n) is 2.17. The molecule has 0 spiro atoms. The van der Waals surface area contributed by atoms with Gasteiger partial charge in [-0.3, -0.25) is 0 Å². The fraction of sp³-hybridized carbons (Fsp3) is 0.455. The van der Waals surface area contributed by atoms with Crippen LogP contribution >= 0.6 is 11.6 Å². The maximum absolute atomic E-state index is 10.4. The molecule has 6 nitrogen and oxygen atoms in total. The van der Waals surface area contributed by atoms with Crippen LogP contribution in [-0.2, 0) is 9.53 Å². The SMILES string of the molecule is COCCN(C)c1ccc(OCC(=O)O)c(Cl)n1. The van der Waals surface area contributed by atoms with Crippen molar-refractivity contribution in [2.45, 2.75) is 0 Å². The summed E-state index contributed by atoms with van der Waals surface area (Å²) in [5.74, 6) is -0.143. The molecule has 0 atom stereocenters. The summed E-state index contributed by atoms with van der Waals surface area (Å²) in [5, 5.41) is 8.63. The minimum Gasteiger partial charge on any atom is -0.479 e. The highest BCUT2D eigenvalue weighted by Gasteiger charge is 2.09. The second-order valence-electron chi connectivity index (χ2n) is 3.56. The number of anilines is 1. The van der Waals surface area contributed by atoms with Gasteiger partial charge in [0, 0.05) is 20.7 Å². The molecule has 0 amide bonds. The van der Waals surface area contributed by atoms with Crippen molar-refractivity contribution in [3.05, 3.63) is 17.3 Å². The number of likely N-dealkylation sites (N-methyl/N-ethyl adjacent to an activating group) is 1. The van der Waals surface area contributed by atoms with Crippen molar-refractivity contribution < 1.29 is 19.4 Å². The number of ether oxygens (including phenoxy) is 2. The van der Waals surface area contributed by atoms with Crippen LogP contribution in [-0.4, -0.2) is 50.0 Å². The highest BCUT2D eigenvalue weighted by molar-refractivity contribution is 6.30. The molecular formula is C11H15ClN2O4. The molecule has 1 aromatic heterocycles. The topological polar surface area (TPSA) is 71.9 Å². The van der Waals surface area contributed by atoms with E-state index in [0.29, 0.717) is 19.0 Å². The number of methoxy groups -OCH3 is 1. The molecule has 1 rings (SSSR count). The number of hydrogen-bond donors (Lipinski definition) is 1. The number of aliphatic carboxylic acids is 1. The van der Waals surface area contributed by atoms with Gasteiger partial charge in [-0.05, 0) is 12.1 Å². The maximum atomic E-state index is 10.4. The molecule has 0 unspecified atom stereocenters. The number of aromatic nitrogens is 1. The largest absolute Gasteiger partial charge is 0.479 e. The van der Waals surface area contributed by atoms with E-state index in [1.54, 1.807) is 19.2 Å². The number of pyridine rings is 1. The van der Waals surface area contributed by atoms with E-state index in [-0.39, 0.29) is 10.9 Å². The van der Waals surface area contributed by atoms with Gasteiger partial charge in [0.25, 0.3) is 0 Å². The molecule has 0 bridgehead atoms. The zero-order chi connectivity index (χ0) is 13.5. The molecule has 7 heteroatoms. The average Bonchev–Trinajstić information content (AvgIpc) is 2.34. The Bertz CT molecular complexity index is 414. The summed E-state index contributed by atoms with van der Waals surface area (Å²) in [4.78, 5) is 16.4. The number of nitrogens with zero attached hydrogens (tertiary/aromatic N) is 2. The third kappa shape index (κ3) is 4.38.